The fourth-order valence-corrected chi connectivity index (χ4v) is 0.802. The molecule has 0 atom stereocenters. The summed E-state index contributed by atoms with van der Waals surface area (Å²) in [4.78, 5) is 11.2. The van der Waals surface area contributed by atoms with Gasteiger partial charge in [-0.05, 0) is 19.1 Å². The molecule has 6 nitrogen and oxygen atoms in total. The lowest BCUT2D eigenvalue weighted by Gasteiger charge is -2.15. The maximum Gasteiger partial charge on any atom is 0.245 e. The van der Waals surface area contributed by atoms with Crippen molar-refractivity contribution in [1.29, 1.82) is 0 Å². The van der Waals surface area contributed by atoms with Gasteiger partial charge in [0.1, 0.15) is 0 Å². The summed E-state index contributed by atoms with van der Waals surface area (Å²) in [7, 11) is 0. The van der Waals surface area contributed by atoms with Gasteiger partial charge in [-0.2, -0.15) is 0 Å². The topological polar surface area (TPSA) is 93.8 Å². The first-order chi connectivity index (χ1) is 5.50. The molecule has 0 saturated carbocycles. The van der Waals surface area contributed by atoms with E-state index >= 15 is 0 Å². The van der Waals surface area contributed by atoms with Crippen LogP contribution < -0.4 is 11.1 Å². The number of nitrogens with zero attached hydrogens (tertiary/aromatic N) is 3. The van der Waals surface area contributed by atoms with Gasteiger partial charge in [-0.25, -0.2) is 0 Å². The third-order valence-corrected chi connectivity index (χ3v) is 1.62. The van der Waals surface area contributed by atoms with Gasteiger partial charge in [0, 0.05) is 11.5 Å². The Labute approximate surface area is 73.3 Å². The highest BCUT2D eigenvalue weighted by Gasteiger charge is 2.22. The fraction of sp³-hybridized carbons (Fsp3) is 0.600. The molecule has 12 heavy (non-hydrogen) atoms. The monoisotopic (exact) mass is 187 g/mol. The van der Waals surface area contributed by atoms with E-state index in [9.17, 15) is 4.79 Å². The molecule has 3 N–H and O–H groups in total. The summed E-state index contributed by atoms with van der Waals surface area (Å²) in [6.07, 6.45) is 0. The van der Waals surface area contributed by atoms with Crippen molar-refractivity contribution < 1.29 is 4.79 Å². The van der Waals surface area contributed by atoms with E-state index in [1.54, 1.807) is 13.8 Å². The first-order valence-corrected chi connectivity index (χ1v) is 4.03. The average molecular weight is 187 g/mol. The van der Waals surface area contributed by atoms with Crippen molar-refractivity contribution in [3.8, 4) is 0 Å². The SMILES string of the molecule is CC(C)(N)C(=O)Nc1nnns1. The van der Waals surface area contributed by atoms with Gasteiger partial charge in [0.15, 0.2) is 0 Å². The molecule has 0 bridgehead atoms. The molecule has 66 valence electrons. The lowest BCUT2D eigenvalue weighted by molar-refractivity contribution is -0.120. The lowest BCUT2D eigenvalue weighted by Crippen LogP contribution is -2.45. The van der Waals surface area contributed by atoms with Crippen LogP contribution >= 0.6 is 11.5 Å². The zero-order chi connectivity index (χ0) is 9.19. The number of carbonyl (C=O) groups is 1. The van der Waals surface area contributed by atoms with Gasteiger partial charge in [-0.3, -0.25) is 10.1 Å². The Hall–Kier alpha value is -1.08. The van der Waals surface area contributed by atoms with E-state index in [0.29, 0.717) is 5.13 Å². The maximum atomic E-state index is 11.2. The van der Waals surface area contributed by atoms with Crippen molar-refractivity contribution in [2.24, 2.45) is 5.73 Å². The Bertz CT molecular complexity index is 264. The Morgan fingerprint density at radius 2 is 2.33 bits per heavy atom. The molecule has 1 aromatic rings. The largest absolute Gasteiger partial charge is 0.318 e. The highest BCUT2D eigenvalue weighted by atomic mass is 32.1. The summed E-state index contributed by atoms with van der Waals surface area (Å²) < 4.78 is 3.48. The molecule has 1 rings (SSSR count). The summed E-state index contributed by atoms with van der Waals surface area (Å²) in [6, 6.07) is 0. The van der Waals surface area contributed by atoms with Crippen LogP contribution in [0, 0.1) is 0 Å². The third kappa shape index (κ3) is 2.21. The normalized spacial score (nSPS) is 11.2. The predicted octanol–water partition coefficient (Wildman–Crippen LogP) is -0.391. The van der Waals surface area contributed by atoms with Crippen LogP contribution in [0.15, 0.2) is 0 Å². The van der Waals surface area contributed by atoms with E-state index in [0.717, 1.165) is 11.5 Å². The lowest BCUT2D eigenvalue weighted by atomic mass is 10.1. The van der Waals surface area contributed by atoms with Crippen LogP contribution in [0.1, 0.15) is 13.8 Å². The number of hydrogen-bond donors (Lipinski definition) is 2. The first-order valence-electron chi connectivity index (χ1n) is 3.25. The van der Waals surface area contributed by atoms with Crippen molar-refractivity contribution >= 4 is 22.6 Å². The van der Waals surface area contributed by atoms with Crippen molar-refractivity contribution in [3.05, 3.63) is 0 Å². The van der Waals surface area contributed by atoms with Gasteiger partial charge in [0.05, 0.1) is 5.54 Å². The Morgan fingerprint density at radius 3 is 2.75 bits per heavy atom. The van der Waals surface area contributed by atoms with Crippen molar-refractivity contribution in [1.82, 2.24) is 14.8 Å². The van der Waals surface area contributed by atoms with Gasteiger partial charge >= 0.3 is 0 Å². The number of carbonyl (C=O) groups excluding carboxylic acids is 1. The summed E-state index contributed by atoms with van der Waals surface area (Å²) in [5, 5.41) is 9.70. The number of anilines is 1. The van der Waals surface area contributed by atoms with Gasteiger partial charge in [-0.15, -0.1) is 0 Å². The van der Waals surface area contributed by atoms with Crippen molar-refractivity contribution in [2.45, 2.75) is 19.4 Å². The number of amides is 1. The molecule has 0 saturated heterocycles. The Kier molecular flexibility index (Phi) is 2.34. The Balaban J connectivity index is 2.60. The molecule has 7 heteroatoms. The highest BCUT2D eigenvalue weighted by molar-refractivity contribution is 7.09. The molecule has 0 aromatic carbocycles. The molecular weight excluding hydrogens is 178 g/mol. The van der Waals surface area contributed by atoms with Crippen LogP contribution in [0.3, 0.4) is 0 Å². The number of rotatable bonds is 2. The smallest absolute Gasteiger partial charge is 0.245 e. The zero-order valence-electron chi connectivity index (χ0n) is 6.74. The third-order valence-electron chi connectivity index (χ3n) is 1.11. The molecule has 0 aliphatic rings. The zero-order valence-corrected chi connectivity index (χ0v) is 7.55. The fourth-order valence-electron chi connectivity index (χ4n) is 0.440. The predicted molar refractivity (Wildman–Crippen MR) is 44.6 cm³/mol. The van der Waals surface area contributed by atoms with Crippen LogP contribution in [0.5, 0.6) is 0 Å². The molecule has 1 heterocycles. The minimum atomic E-state index is -0.911. The van der Waals surface area contributed by atoms with E-state index in [2.05, 4.69) is 20.1 Å². The van der Waals surface area contributed by atoms with Crippen LogP contribution in [0.25, 0.3) is 0 Å². The summed E-state index contributed by atoms with van der Waals surface area (Å²) >= 11 is 1.01. The summed E-state index contributed by atoms with van der Waals surface area (Å²) in [6.45, 7) is 3.22. The molecule has 0 aliphatic heterocycles. The molecule has 0 spiro atoms. The van der Waals surface area contributed by atoms with E-state index in [4.69, 9.17) is 5.73 Å². The minimum absolute atomic E-state index is 0.305. The van der Waals surface area contributed by atoms with Crippen molar-refractivity contribution in [2.75, 3.05) is 5.32 Å². The Morgan fingerprint density at radius 1 is 1.67 bits per heavy atom. The van der Waals surface area contributed by atoms with Gasteiger partial charge in [0.25, 0.3) is 0 Å². The number of hydrogen-bond acceptors (Lipinski definition) is 6. The second-order valence-electron chi connectivity index (χ2n) is 2.84. The van der Waals surface area contributed by atoms with E-state index in [1.807, 2.05) is 0 Å². The number of nitrogens with one attached hydrogen (secondary N) is 1. The highest BCUT2D eigenvalue weighted by Crippen LogP contribution is 2.07. The molecule has 0 unspecified atom stereocenters. The van der Waals surface area contributed by atoms with Crippen molar-refractivity contribution in [3.63, 3.8) is 0 Å². The van der Waals surface area contributed by atoms with Crippen LogP contribution in [0.2, 0.25) is 0 Å². The number of nitrogens with two attached hydrogens (primary N) is 1. The summed E-state index contributed by atoms with van der Waals surface area (Å²) in [5.74, 6) is -0.305. The van der Waals surface area contributed by atoms with E-state index in [1.165, 1.54) is 0 Å². The van der Waals surface area contributed by atoms with Crippen LogP contribution in [0.4, 0.5) is 5.13 Å². The second-order valence-corrected chi connectivity index (χ2v) is 3.58. The van der Waals surface area contributed by atoms with E-state index < -0.39 is 5.54 Å². The molecule has 1 aromatic heterocycles. The minimum Gasteiger partial charge on any atom is -0.318 e. The standard InChI is InChI=1S/C5H9N5OS/c1-5(2,6)3(11)7-4-8-9-10-12-4/h6H2,1-2H3,(H,7,8,10,11). The van der Waals surface area contributed by atoms with Crippen LogP contribution in [-0.2, 0) is 4.79 Å². The first kappa shape index (κ1) is 9.01. The van der Waals surface area contributed by atoms with E-state index in [-0.39, 0.29) is 5.91 Å². The molecule has 0 fully saturated rings. The maximum absolute atomic E-state index is 11.2. The average Bonchev–Trinajstić information content (AvgIpc) is 2.37. The molecule has 0 radical (unpaired) electrons. The molecule has 0 aliphatic carbocycles. The molecule has 1 amide bonds. The van der Waals surface area contributed by atoms with Crippen LogP contribution in [-0.4, -0.2) is 26.2 Å². The quantitative estimate of drug-likeness (QED) is 0.657. The molecular formula is C5H9N5OS. The van der Waals surface area contributed by atoms with Gasteiger partial charge in [-0.1, -0.05) is 9.59 Å². The van der Waals surface area contributed by atoms with Gasteiger partial charge in [0.2, 0.25) is 11.0 Å². The number of aromatic nitrogens is 3. The second kappa shape index (κ2) is 3.11. The summed E-state index contributed by atoms with van der Waals surface area (Å²) in [5.41, 5.74) is 4.61. The van der Waals surface area contributed by atoms with Gasteiger partial charge < -0.3 is 5.73 Å².